The lowest BCUT2D eigenvalue weighted by atomic mass is 9.78. The number of para-hydroxylation sites is 1. The fourth-order valence-corrected chi connectivity index (χ4v) is 5.84. The molecule has 3 aromatic carbocycles. The molecule has 0 spiro atoms. The second-order valence-electron chi connectivity index (χ2n) is 10.6. The Morgan fingerprint density at radius 1 is 0.868 bits per heavy atom. The average molecular weight is 555 g/mol. The Morgan fingerprint density at radius 2 is 1.42 bits per heavy atom. The summed E-state index contributed by atoms with van der Waals surface area (Å²) in [4.78, 5) is 7.13. The summed E-state index contributed by atoms with van der Waals surface area (Å²) in [7, 11) is 4.09. The summed E-state index contributed by atoms with van der Waals surface area (Å²) in [6.45, 7) is 1.99. The molecule has 2 aliphatic rings. The van der Waals surface area contributed by atoms with Crippen LogP contribution in [0.2, 0.25) is 0 Å². The molecule has 3 aromatic rings. The maximum Gasteiger partial charge on any atom is 0.187 e. The topological polar surface area (TPSA) is 65.7 Å². The van der Waals surface area contributed by atoms with Crippen LogP contribution in [0.4, 0.5) is 5.69 Å². The highest BCUT2D eigenvalue weighted by Gasteiger charge is 2.41. The third-order valence-electron chi connectivity index (χ3n) is 7.87. The summed E-state index contributed by atoms with van der Waals surface area (Å²) < 4.78 is 0. The van der Waals surface area contributed by atoms with Crippen LogP contribution < -0.4 is 16.4 Å². The van der Waals surface area contributed by atoms with Crippen molar-refractivity contribution in [1.82, 2.24) is 10.2 Å². The lowest BCUT2D eigenvalue weighted by Crippen LogP contribution is -2.56. The highest BCUT2D eigenvalue weighted by atomic mass is 35.5. The highest BCUT2D eigenvalue weighted by Crippen LogP contribution is 2.38. The van der Waals surface area contributed by atoms with Crippen LogP contribution in [0, 0.1) is 11.8 Å². The van der Waals surface area contributed by atoms with E-state index in [1.54, 1.807) is 0 Å². The fourth-order valence-electron chi connectivity index (χ4n) is 5.84. The fraction of sp³-hybridized carbons (Fsp3) is 0.387. The van der Waals surface area contributed by atoms with Crippen LogP contribution in [0.25, 0.3) is 0 Å². The first-order valence-corrected chi connectivity index (χ1v) is 13.3. The van der Waals surface area contributed by atoms with Crippen LogP contribution >= 0.6 is 24.8 Å². The van der Waals surface area contributed by atoms with Gasteiger partial charge in [0.25, 0.3) is 0 Å². The molecule has 1 atom stereocenters. The molecular formula is C31H41Cl2N5. The van der Waals surface area contributed by atoms with Gasteiger partial charge in [-0.15, -0.1) is 24.8 Å². The van der Waals surface area contributed by atoms with E-state index in [0.717, 1.165) is 43.0 Å². The summed E-state index contributed by atoms with van der Waals surface area (Å²) in [6, 6.07) is 30.0. The maximum absolute atomic E-state index is 6.95. The number of fused-ring (bicyclic) bond motifs is 1. The molecule has 0 bridgehead atoms. The van der Waals surface area contributed by atoms with E-state index in [1.165, 1.54) is 24.0 Å². The number of nitrogens with two attached hydrogens (primary N) is 1. The minimum Gasteiger partial charge on any atom is -0.362 e. The zero-order valence-electron chi connectivity index (χ0n) is 22.3. The molecule has 5 nitrogen and oxygen atoms in total. The van der Waals surface area contributed by atoms with E-state index < -0.39 is 5.79 Å². The van der Waals surface area contributed by atoms with E-state index in [0.29, 0.717) is 17.8 Å². The zero-order valence-corrected chi connectivity index (χ0v) is 24.0. The van der Waals surface area contributed by atoms with Crippen molar-refractivity contribution in [2.75, 3.05) is 32.5 Å². The lowest BCUT2D eigenvalue weighted by Gasteiger charge is -2.43. The molecule has 1 fully saturated rings. The minimum atomic E-state index is -0.752. The summed E-state index contributed by atoms with van der Waals surface area (Å²) in [5.74, 6) is 1.56. The minimum absolute atomic E-state index is 0. The van der Waals surface area contributed by atoms with Crippen LogP contribution in [0.3, 0.4) is 0 Å². The quantitative estimate of drug-likeness (QED) is 0.330. The van der Waals surface area contributed by atoms with Gasteiger partial charge < -0.3 is 15.5 Å². The van der Waals surface area contributed by atoms with E-state index in [2.05, 4.69) is 100 Å². The second-order valence-corrected chi connectivity index (χ2v) is 10.6. The van der Waals surface area contributed by atoms with Crippen molar-refractivity contribution in [3.05, 3.63) is 102 Å². The number of anilines is 1. The monoisotopic (exact) mass is 553 g/mol. The Hall–Kier alpha value is -2.57. The molecule has 4 N–H and O–H groups in total. The van der Waals surface area contributed by atoms with Gasteiger partial charge in [0.15, 0.2) is 5.79 Å². The largest absolute Gasteiger partial charge is 0.362 e. The van der Waals surface area contributed by atoms with E-state index in [9.17, 15) is 0 Å². The summed E-state index contributed by atoms with van der Waals surface area (Å²) in [5.41, 5.74) is 11.9. The molecule has 1 saturated carbocycles. The molecule has 1 heterocycles. The van der Waals surface area contributed by atoms with Crippen molar-refractivity contribution in [3.8, 4) is 0 Å². The third-order valence-corrected chi connectivity index (χ3v) is 7.87. The molecule has 1 unspecified atom stereocenters. The number of aliphatic imine (C=N–C) groups is 1. The SMILES string of the molecule is CN(C)C1=NC(N)(C2CCC(CNCC(c3ccccc3)c3ccccc3)CC2)Nc2ccccc21.Cl.Cl. The van der Waals surface area contributed by atoms with Gasteiger partial charge in [-0.2, -0.15) is 0 Å². The third kappa shape index (κ3) is 6.70. The van der Waals surface area contributed by atoms with Gasteiger partial charge in [0.2, 0.25) is 0 Å². The molecule has 1 aliphatic heterocycles. The van der Waals surface area contributed by atoms with Gasteiger partial charge in [0.05, 0.1) is 0 Å². The zero-order chi connectivity index (χ0) is 25.0. The van der Waals surface area contributed by atoms with Gasteiger partial charge in [-0.1, -0.05) is 72.8 Å². The summed E-state index contributed by atoms with van der Waals surface area (Å²) in [6.07, 6.45) is 4.52. The smallest absolute Gasteiger partial charge is 0.187 e. The molecule has 38 heavy (non-hydrogen) atoms. The molecule has 0 radical (unpaired) electrons. The molecule has 7 heteroatoms. The Balaban J connectivity index is 0.00000200. The van der Waals surface area contributed by atoms with Crippen molar-refractivity contribution in [3.63, 3.8) is 0 Å². The van der Waals surface area contributed by atoms with Crippen LogP contribution in [0.5, 0.6) is 0 Å². The predicted molar refractivity (Wildman–Crippen MR) is 165 cm³/mol. The Bertz CT molecular complexity index is 1120. The molecule has 0 saturated heterocycles. The van der Waals surface area contributed by atoms with Gasteiger partial charge in [-0.05, 0) is 61.4 Å². The van der Waals surface area contributed by atoms with E-state index in [4.69, 9.17) is 10.7 Å². The van der Waals surface area contributed by atoms with Crippen molar-refractivity contribution in [1.29, 1.82) is 0 Å². The number of hydrogen-bond acceptors (Lipinski definition) is 5. The van der Waals surface area contributed by atoms with E-state index in [1.807, 2.05) is 14.1 Å². The average Bonchev–Trinajstić information content (AvgIpc) is 2.92. The number of rotatable bonds is 7. The molecule has 5 rings (SSSR count). The van der Waals surface area contributed by atoms with Crippen LogP contribution in [0.15, 0.2) is 89.9 Å². The lowest BCUT2D eigenvalue weighted by molar-refractivity contribution is 0.192. The molecule has 0 amide bonds. The van der Waals surface area contributed by atoms with E-state index in [-0.39, 0.29) is 24.8 Å². The number of nitrogens with one attached hydrogen (secondary N) is 2. The Kier molecular flexibility index (Phi) is 10.6. The van der Waals surface area contributed by atoms with E-state index >= 15 is 0 Å². The number of benzene rings is 3. The summed E-state index contributed by atoms with van der Waals surface area (Å²) in [5, 5.41) is 7.40. The van der Waals surface area contributed by atoms with Gasteiger partial charge in [-0.3, -0.25) is 5.73 Å². The van der Waals surface area contributed by atoms with Crippen LogP contribution in [-0.4, -0.2) is 43.7 Å². The van der Waals surface area contributed by atoms with Crippen molar-refractivity contribution in [2.24, 2.45) is 22.6 Å². The summed E-state index contributed by atoms with van der Waals surface area (Å²) >= 11 is 0. The molecule has 1 aliphatic carbocycles. The van der Waals surface area contributed by atoms with Crippen molar-refractivity contribution < 1.29 is 0 Å². The molecular weight excluding hydrogens is 513 g/mol. The number of amidine groups is 1. The first-order chi connectivity index (χ1) is 17.5. The molecule has 204 valence electrons. The van der Waals surface area contributed by atoms with Crippen molar-refractivity contribution >= 4 is 36.3 Å². The number of nitrogens with zero attached hydrogens (tertiary/aromatic N) is 2. The van der Waals surface area contributed by atoms with Gasteiger partial charge in [-0.25, -0.2) is 4.99 Å². The standard InChI is InChI=1S/C31H39N5.2ClH/c1-36(2)30-27-15-9-10-16-29(27)34-31(32,35-30)26-19-17-23(18-20-26)21-33-22-28(24-11-5-3-6-12-24)25-13-7-4-8-14-25;;/h3-16,23,26,28,33-34H,17-22,32H2,1-2H3;2*1H. The number of hydrogen-bond donors (Lipinski definition) is 3. The number of halogens is 2. The Labute approximate surface area is 240 Å². The molecule has 0 aromatic heterocycles. The van der Waals surface area contributed by atoms with Crippen LogP contribution in [0.1, 0.15) is 48.3 Å². The van der Waals surface area contributed by atoms with Crippen molar-refractivity contribution in [2.45, 2.75) is 37.4 Å². The van der Waals surface area contributed by atoms with Crippen LogP contribution in [-0.2, 0) is 0 Å². The first-order valence-electron chi connectivity index (χ1n) is 13.3. The van der Waals surface area contributed by atoms with Gasteiger partial charge in [0, 0.05) is 43.7 Å². The van der Waals surface area contributed by atoms with Gasteiger partial charge in [0.1, 0.15) is 5.84 Å². The second kappa shape index (κ2) is 13.5. The maximum atomic E-state index is 6.95. The first kappa shape index (κ1) is 30.0. The predicted octanol–water partition coefficient (Wildman–Crippen LogP) is 6.10. The normalized spacial score (nSPS) is 22.3. The highest BCUT2D eigenvalue weighted by molar-refractivity contribution is 6.05. The van der Waals surface area contributed by atoms with Gasteiger partial charge >= 0.3 is 0 Å². The Morgan fingerprint density at radius 3 is 2.00 bits per heavy atom.